The van der Waals surface area contributed by atoms with Crippen molar-refractivity contribution in [2.75, 3.05) is 11.9 Å². The number of rotatable bonds is 7. The van der Waals surface area contributed by atoms with E-state index in [1.54, 1.807) is 0 Å². The molecule has 5 nitrogen and oxygen atoms in total. The molecule has 0 aliphatic heterocycles. The molecule has 1 amide bonds. The molecule has 12 heteroatoms. The first kappa shape index (κ1) is 24.9. The molecule has 0 aliphatic rings. The molecule has 1 rings (SSSR count). The highest BCUT2D eigenvalue weighted by molar-refractivity contribution is 6.30. The van der Waals surface area contributed by atoms with Crippen molar-refractivity contribution in [2.45, 2.75) is 45.2 Å². The first-order valence-corrected chi connectivity index (χ1v) is 8.71. The van der Waals surface area contributed by atoms with Crippen LogP contribution in [0, 0.1) is 5.92 Å². The number of halogens is 7. The molecule has 164 valence electrons. The van der Waals surface area contributed by atoms with Crippen molar-refractivity contribution in [3.8, 4) is 0 Å². The number of amides is 1. The Kier molecular flexibility index (Phi) is 7.80. The van der Waals surface area contributed by atoms with Crippen LogP contribution in [0.1, 0.15) is 32.8 Å². The van der Waals surface area contributed by atoms with Gasteiger partial charge in [-0.1, -0.05) is 25.4 Å². The number of nitrogens with one attached hydrogen (secondary N) is 2. The van der Waals surface area contributed by atoms with Gasteiger partial charge in [0.2, 0.25) is 5.91 Å². The van der Waals surface area contributed by atoms with E-state index in [-0.39, 0.29) is 10.9 Å². The summed E-state index contributed by atoms with van der Waals surface area (Å²) in [6, 6.07) is 1.92. The van der Waals surface area contributed by atoms with E-state index in [1.807, 2.05) is 0 Å². The first-order chi connectivity index (χ1) is 13.1. The first-order valence-electron chi connectivity index (χ1n) is 8.34. The molecule has 0 heterocycles. The number of esters is 1. The minimum atomic E-state index is -5.55. The van der Waals surface area contributed by atoms with Crippen molar-refractivity contribution in [3.05, 3.63) is 28.8 Å². The monoisotopic (exact) mass is 448 g/mol. The van der Waals surface area contributed by atoms with Crippen LogP contribution >= 0.6 is 11.6 Å². The highest BCUT2D eigenvalue weighted by Crippen LogP contribution is 2.40. The van der Waals surface area contributed by atoms with Gasteiger partial charge in [0.1, 0.15) is 0 Å². The summed E-state index contributed by atoms with van der Waals surface area (Å²) in [6.45, 7) is 3.77. The van der Waals surface area contributed by atoms with Crippen LogP contribution in [-0.4, -0.2) is 30.3 Å². The summed E-state index contributed by atoms with van der Waals surface area (Å²) in [7, 11) is 0. The zero-order valence-electron chi connectivity index (χ0n) is 15.6. The lowest BCUT2D eigenvalue weighted by Gasteiger charge is -2.36. The molecule has 1 atom stereocenters. The minimum Gasteiger partial charge on any atom is -0.463 e. The van der Waals surface area contributed by atoms with Crippen LogP contribution in [0.2, 0.25) is 5.02 Å². The van der Waals surface area contributed by atoms with Gasteiger partial charge in [-0.25, -0.2) is 4.79 Å². The largest absolute Gasteiger partial charge is 0.463 e. The summed E-state index contributed by atoms with van der Waals surface area (Å²) in [6.07, 6.45) is -11.1. The third-order valence-corrected chi connectivity index (χ3v) is 3.77. The Morgan fingerprint density at radius 3 is 2.17 bits per heavy atom. The van der Waals surface area contributed by atoms with Crippen LogP contribution < -0.4 is 10.6 Å². The van der Waals surface area contributed by atoms with Crippen LogP contribution in [0.3, 0.4) is 0 Å². The minimum absolute atomic E-state index is 0.385. The second-order valence-electron chi connectivity index (χ2n) is 6.43. The molecule has 1 aromatic rings. The van der Waals surface area contributed by atoms with E-state index >= 15 is 0 Å². The summed E-state index contributed by atoms with van der Waals surface area (Å²) >= 11 is 5.53. The lowest BCUT2D eigenvalue weighted by Crippen LogP contribution is -2.69. The van der Waals surface area contributed by atoms with E-state index in [0.29, 0.717) is 12.1 Å². The highest BCUT2D eigenvalue weighted by atomic mass is 35.5. The van der Waals surface area contributed by atoms with Gasteiger partial charge in [-0.2, -0.15) is 26.3 Å². The molecule has 0 aromatic heterocycles. The van der Waals surface area contributed by atoms with Crippen molar-refractivity contribution >= 4 is 29.2 Å². The molecule has 0 bridgehead atoms. The maximum absolute atomic E-state index is 14.0. The lowest BCUT2D eigenvalue weighted by atomic mass is 10.0. The fourth-order valence-electron chi connectivity index (χ4n) is 2.32. The fourth-order valence-corrected chi connectivity index (χ4v) is 2.50. The van der Waals surface area contributed by atoms with Crippen molar-refractivity contribution in [2.24, 2.45) is 5.92 Å². The standard InChI is InChI=1S/C17H19ClF6N2O3/c1-4-29-14(28)15(17(22,23)24,26-13(27)7-9(2)3)25-12-6-5-10(18)8-11(12)16(19,20)21/h5-6,8-9,25H,4,7H2,1-3H3,(H,26,27). The Morgan fingerprint density at radius 1 is 1.14 bits per heavy atom. The van der Waals surface area contributed by atoms with E-state index < -0.39 is 54.2 Å². The molecule has 0 fully saturated rings. The zero-order valence-corrected chi connectivity index (χ0v) is 16.4. The van der Waals surface area contributed by atoms with Crippen LogP contribution in [0.25, 0.3) is 0 Å². The van der Waals surface area contributed by atoms with E-state index in [0.717, 1.165) is 6.07 Å². The molecule has 0 radical (unpaired) electrons. The van der Waals surface area contributed by atoms with Gasteiger partial charge in [-0.3, -0.25) is 4.79 Å². The van der Waals surface area contributed by atoms with Gasteiger partial charge in [-0.15, -0.1) is 0 Å². The number of alkyl halides is 6. The molecule has 0 saturated heterocycles. The smallest absolute Gasteiger partial charge is 0.441 e. The molecular weight excluding hydrogens is 430 g/mol. The molecule has 0 aliphatic carbocycles. The Labute approximate surface area is 167 Å². The third-order valence-electron chi connectivity index (χ3n) is 3.54. The van der Waals surface area contributed by atoms with E-state index in [9.17, 15) is 35.9 Å². The SMILES string of the molecule is CCOC(=O)C(NC(=O)CC(C)C)(Nc1ccc(Cl)cc1C(F)(F)F)C(F)(F)F. The van der Waals surface area contributed by atoms with Crippen molar-refractivity contribution in [3.63, 3.8) is 0 Å². The number of carbonyl (C=O) groups excluding carboxylic acids is 2. The Hall–Kier alpha value is -2.17. The lowest BCUT2D eigenvalue weighted by molar-refractivity contribution is -0.208. The third kappa shape index (κ3) is 6.15. The van der Waals surface area contributed by atoms with Gasteiger partial charge in [0.15, 0.2) is 0 Å². The summed E-state index contributed by atoms with van der Waals surface area (Å²) in [4.78, 5) is 24.3. The van der Waals surface area contributed by atoms with Crippen LogP contribution in [0.4, 0.5) is 32.0 Å². The average Bonchev–Trinajstić information content (AvgIpc) is 2.53. The molecule has 0 spiro atoms. The number of hydrogen-bond donors (Lipinski definition) is 2. The Bertz CT molecular complexity index is 752. The maximum Gasteiger partial charge on any atom is 0.441 e. The van der Waals surface area contributed by atoms with Crippen molar-refractivity contribution in [1.82, 2.24) is 5.32 Å². The van der Waals surface area contributed by atoms with E-state index in [2.05, 4.69) is 4.74 Å². The molecule has 0 saturated carbocycles. The predicted octanol–water partition coefficient (Wildman–Crippen LogP) is 4.75. The van der Waals surface area contributed by atoms with Crippen LogP contribution in [-0.2, 0) is 20.5 Å². The maximum atomic E-state index is 14.0. The van der Waals surface area contributed by atoms with Gasteiger partial charge in [-0.05, 0) is 31.0 Å². The van der Waals surface area contributed by atoms with Crippen LogP contribution in [0.15, 0.2) is 18.2 Å². The number of ether oxygens (including phenoxy) is 1. The average molecular weight is 449 g/mol. The fraction of sp³-hybridized carbons (Fsp3) is 0.529. The van der Waals surface area contributed by atoms with Gasteiger partial charge >= 0.3 is 24.0 Å². The number of carbonyl (C=O) groups is 2. The zero-order chi connectivity index (χ0) is 22.6. The quantitative estimate of drug-likeness (QED) is 0.359. The second-order valence-corrected chi connectivity index (χ2v) is 6.86. The van der Waals surface area contributed by atoms with E-state index in [4.69, 9.17) is 11.6 Å². The van der Waals surface area contributed by atoms with Crippen molar-refractivity contribution in [1.29, 1.82) is 0 Å². The predicted molar refractivity (Wildman–Crippen MR) is 93.1 cm³/mol. The molecular formula is C17H19ClF6N2O3. The van der Waals surface area contributed by atoms with Gasteiger partial charge < -0.3 is 15.4 Å². The summed E-state index contributed by atoms with van der Waals surface area (Å²) in [5.74, 6) is -3.60. The summed E-state index contributed by atoms with van der Waals surface area (Å²) in [5, 5.41) is 2.60. The van der Waals surface area contributed by atoms with Crippen molar-refractivity contribution < 1.29 is 40.7 Å². The topological polar surface area (TPSA) is 67.4 Å². The second kappa shape index (κ2) is 9.10. The summed E-state index contributed by atoms with van der Waals surface area (Å²) in [5.41, 5.74) is -6.61. The normalized spacial score (nSPS) is 14.3. The molecule has 2 N–H and O–H groups in total. The number of anilines is 1. The molecule has 1 unspecified atom stereocenters. The van der Waals surface area contributed by atoms with Gasteiger partial charge in [0.05, 0.1) is 12.2 Å². The van der Waals surface area contributed by atoms with Crippen LogP contribution in [0.5, 0.6) is 0 Å². The summed E-state index contributed by atoms with van der Waals surface area (Å²) < 4.78 is 86.2. The van der Waals surface area contributed by atoms with E-state index in [1.165, 1.54) is 31.4 Å². The Morgan fingerprint density at radius 2 is 1.72 bits per heavy atom. The number of hydrogen-bond acceptors (Lipinski definition) is 4. The molecule has 1 aromatic carbocycles. The Balaban J connectivity index is 3.60. The van der Waals surface area contributed by atoms with Gasteiger partial charge in [0.25, 0.3) is 0 Å². The number of benzene rings is 1. The van der Waals surface area contributed by atoms with Gasteiger partial charge in [0, 0.05) is 17.1 Å². The highest BCUT2D eigenvalue weighted by Gasteiger charge is 2.64. The molecule has 29 heavy (non-hydrogen) atoms.